The summed E-state index contributed by atoms with van der Waals surface area (Å²) in [6.07, 6.45) is 2.40. The fourth-order valence-electron chi connectivity index (χ4n) is 2.02. The highest BCUT2D eigenvalue weighted by Gasteiger charge is 2.25. The topological polar surface area (TPSA) is 41.6 Å². The van der Waals surface area contributed by atoms with Crippen LogP contribution in [0.15, 0.2) is 0 Å². The second kappa shape index (κ2) is 6.21. The Balaban J connectivity index is 2.38. The van der Waals surface area contributed by atoms with Gasteiger partial charge in [0.25, 0.3) is 0 Å². The molecule has 16 heavy (non-hydrogen) atoms. The quantitative estimate of drug-likeness (QED) is 0.763. The van der Waals surface area contributed by atoms with E-state index >= 15 is 0 Å². The Morgan fingerprint density at radius 2 is 1.81 bits per heavy atom. The summed E-state index contributed by atoms with van der Waals surface area (Å²) in [5.41, 5.74) is 0. The van der Waals surface area contributed by atoms with Gasteiger partial charge in [0.05, 0.1) is 12.1 Å². The number of hydrogen-bond acceptors (Lipinski definition) is 3. The minimum atomic E-state index is -0.120. The second-order valence-corrected chi connectivity index (χ2v) is 4.65. The molecule has 0 aromatic heterocycles. The number of ether oxygens (including phenoxy) is 1. The van der Waals surface area contributed by atoms with Crippen LogP contribution in [0.4, 0.5) is 0 Å². The molecular formula is C12H24N2O2. The molecule has 1 rings (SSSR count). The van der Waals surface area contributed by atoms with Gasteiger partial charge in [-0.2, -0.15) is 0 Å². The number of carbonyl (C=O) groups is 1. The van der Waals surface area contributed by atoms with Crippen LogP contribution in [0.3, 0.4) is 0 Å². The zero-order valence-electron chi connectivity index (χ0n) is 10.8. The molecule has 1 fully saturated rings. The molecule has 1 aliphatic rings. The molecule has 94 valence electrons. The average Bonchev–Trinajstić information content (AvgIpc) is 2.79. The number of carbonyl (C=O) groups excluding carboxylic acids is 1. The van der Waals surface area contributed by atoms with Crippen molar-refractivity contribution in [2.45, 2.75) is 51.8 Å². The normalized spacial score (nSPS) is 21.9. The van der Waals surface area contributed by atoms with Gasteiger partial charge in [0.2, 0.25) is 5.91 Å². The molecule has 1 saturated heterocycles. The molecule has 1 aliphatic heterocycles. The van der Waals surface area contributed by atoms with E-state index in [1.807, 2.05) is 25.7 Å². The van der Waals surface area contributed by atoms with E-state index in [9.17, 15) is 4.79 Å². The Bertz CT molecular complexity index is 227. The molecule has 0 aliphatic carbocycles. The Morgan fingerprint density at radius 3 is 2.31 bits per heavy atom. The van der Waals surface area contributed by atoms with Crippen molar-refractivity contribution in [3.05, 3.63) is 0 Å². The molecule has 1 N–H and O–H groups in total. The van der Waals surface area contributed by atoms with Gasteiger partial charge in [-0.3, -0.25) is 4.79 Å². The van der Waals surface area contributed by atoms with Crippen LogP contribution in [-0.2, 0) is 9.53 Å². The molecule has 3 atom stereocenters. The average molecular weight is 228 g/mol. The lowest BCUT2D eigenvalue weighted by Crippen LogP contribution is -2.49. The van der Waals surface area contributed by atoms with E-state index in [1.165, 1.54) is 0 Å². The molecule has 1 heterocycles. The van der Waals surface area contributed by atoms with Crippen molar-refractivity contribution in [1.29, 1.82) is 0 Å². The number of hydrogen-bond donors (Lipinski definition) is 1. The maximum Gasteiger partial charge on any atom is 0.239 e. The summed E-state index contributed by atoms with van der Waals surface area (Å²) >= 11 is 0. The molecule has 0 saturated carbocycles. The molecule has 0 spiro atoms. The van der Waals surface area contributed by atoms with Gasteiger partial charge in [0.1, 0.15) is 0 Å². The van der Waals surface area contributed by atoms with Crippen molar-refractivity contribution < 1.29 is 9.53 Å². The van der Waals surface area contributed by atoms with Crippen molar-refractivity contribution in [3.8, 4) is 0 Å². The molecular weight excluding hydrogens is 204 g/mol. The standard InChI is InChI=1S/C12H24N2O2/c1-9(11(3)16-4)13-10(2)12(15)14-7-5-6-8-14/h9-11,13H,5-8H2,1-4H3. The third kappa shape index (κ3) is 3.46. The highest BCUT2D eigenvalue weighted by Crippen LogP contribution is 2.09. The first-order valence-electron chi connectivity index (χ1n) is 6.14. The molecule has 4 nitrogen and oxygen atoms in total. The van der Waals surface area contributed by atoms with Crippen LogP contribution < -0.4 is 5.32 Å². The third-order valence-corrected chi connectivity index (χ3v) is 3.38. The Labute approximate surface area is 98.3 Å². The van der Waals surface area contributed by atoms with Crippen molar-refractivity contribution >= 4 is 5.91 Å². The number of amides is 1. The molecule has 3 unspecified atom stereocenters. The van der Waals surface area contributed by atoms with Crippen LogP contribution in [-0.4, -0.2) is 49.2 Å². The van der Waals surface area contributed by atoms with Crippen LogP contribution in [0.5, 0.6) is 0 Å². The van der Waals surface area contributed by atoms with Gasteiger partial charge < -0.3 is 15.0 Å². The number of methoxy groups -OCH3 is 1. The van der Waals surface area contributed by atoms with Crippen molar-refractivity contribution in [1.82, 2.24) is 10.2 Å². The second-order valence-electron chi connectivity index (χ2n) is 4.65. The van der Waals surface area contributed by atoms with Gasteiger partial charge in [0.15, 0.2) is 0 Å². The molecule has 0 aromatic rings. The highest BCUT2D eigenvalue weighted by atomic mass is 16.5. The van der Waals surface area contributed by atoms with Gasteiger partial charge in [-0.1, -0.05) is 0 Å². The number of rotatable bonds is 5. The van der Waals surface area contributed by atoms with Crippen LogP contribution in [0, 0.1) is 0 Å². The van der Waals surface area contributed by atoms with E-state index in [1.54, 1.807) is 7.11 Å². The van der Waals surface area contributed by atoms with Crippen LogP contribution in [0.1, 0.15) is 33.6 Å². The summed E-state index contributed by atoms with van der Waals surface area (Å²) in [7, 11) is 1.69. The Morgan fingerprint density at radius 1 is 1.25 bits per heavy atom. The zero-order valence-corrected chi connectivity index (χ0v) is 10.8. The van der Waals surface area contributed by atoms with Crippen LogP contribution in [0.25, 0.3) is 0 Å². The first-order valence-corrected chi connectivity index (χ1v) is 6.14. The minimum Gasteiger partial charge on any atom is -0.380 e. The monoisotopic (exact) mass is 228 g/mol. The summed E-state index contributed by atoms with van der Waals surface area (Å²) in [6.45, 7) is 7.81. The largest absolute Gasteiger partial charge is 0.380 e. The van der Waals surface area contributed by atoms with E-state index in [0.717, 1.165) is 25.9 Å². The van der Waals surface area contributed by atoms with E-state index in [0.29, 0.717) is 0 Å². The predicted octanol–water partition coefficient (Wildman–Crippen LogP) is 1.01. The lowest BCUT2D eigenvalue weighted by atomic mass is 10.1. The first-order chi connectivity index (χ1) is 7.56. The van der Waals surface area contributed by atoms with Gasteiger partial charge in [-0.05, 0) is 33.6 Å². The van der Waals surface area contributed by atoms with Crippen molar-refractivity contribution in [2.24, 2.45) is 0 Å². The minimum absolute atomic E-state index is 0.119. The van der Waals surface area contributed by atoms with E-state index in [4.69, 9.17) is 4.74 Å². The molecule has 4 heteroatoms. The van der Waals surface area contributed by atoms with E-state index < -0.39 is 0 Å². The number of nitrogens with zero attached hydrogens (tertiary/aromatic N) is 1. The molecule has 0 bridgehead atoms. The lowest BCUT2D eigenvalue weighted by molar-refractivity contribution is -0.132. The van der Waals surface area contributed by atoms with Crippen LogP contribution >= 0.6 is 0 Å². The highest BCUT2D eigenvalue weighted by molar-refractivity contribution is 5.81. The smallest absolute Gasteiger partial charge is 0.239 e. The first kappa shape index (κ1) is 13.5. The lowest BCUT2D eigenvalue weighted by Gasteiger charge is -2.26. The van der Waals surface area contributed by atoms with E-state index in [-0.39, 0.29) is 24.1 Å². The van der Waals surface area contributed by atoms with Crippen molar-refractivity contribution in [2.75, 3.05) is 20.2 Å². The van der Waals surface area contributed by atoms with Crippen molar-refractivity contribution in [3.63, 3.8) is 0 Å². The maximum absolute atomic E-state index is 12.0. The van der Waals surface area contributed by atoms with Crippen LogP contribution in [0.2, 0.25) is 0 Å². The summed E-state index contributed by atoms with van der Waals surface area (Å²) in [5.74, 6) is 0.215. The molecule has 1 amide bonds. The van der Waals surface area contributed by atoms with E-state index in [2.05, 4.69) is 5.32 Å². The number of likely N-dealkylation sites (tertiary alicyclic amines) is 1. The summed E-state index contributed by atoms with van der Waals surface area (Å²) in [5, 5.41) is 3.29. The molecule has 0 aromatic carbocycles. The third-order valence-electron chi connectivity index (χ3n) is 3.38. The Kier molecular flexibility index (Phi) is 5.22. The SMILES string of the molecule is COC(C)C(C)NC(C)C(=O)N1CCCC1. The summed E-state index contributed by atoms with van der Waals surface area (Å²) in [4.78, 5) is 14.0. The van der Waals surface area contributed by atoms with Gasteiger partial charge in [-0.25, -0.2) is 0 Å². The summed E-state index contributed by atoms with van der Waals surface area (Å²) < 4.78 is 5.23. The predicted molar refractivity (Wildman–Crippen MR) is 64.3 cm³/mol. The summed E-state index contributed by atoms with van der Waals surface area (Å²) in [6, 6.07) is 0.0669. The molecule has 0 radical (unpaired) electrons. The van der Waals surface area contributed by atoms with Gasteiger partial charge >= 0.3 is 0 Å². The Hall–Kier alpha value is -0.610. The van der Waals surface area contributed by atoms with Gasteiger partial charge in [-0.15, -0.1) is 0 Å². The maximum atomic E-state index is 12.0. The fraction of sp³-hybridized carbons (Fsp3) is 0.917. The zero-order chi connectivity index (χ0) is 12.1. The fourth-order valence-corrected chi connectivity index (χ4v) is 2.02. The number of nitrogens with one attached hydrogen (secondary N) is 1. The van der Waals surface area contributed by atoms with Gasteiger partial charge in [0, 0.05) is 26.2 Å².